The summed E-state index contributed by atoms with van der Waals surface area (Å²) in [4.78, 5) is 0. The van der Waals surface area contributed by atoms with Crippen molar-refractivity contribution in [3.8, 4) is 0 Å². The number of ether oxygens (including phenoxy) is 2. The van der Waals surface area contributed by atoms with Crippen molar-refractivity contribution in [2.75, 3.05) is 20.3 Å². The molecule has 2 atom stereocenters. The first kappa shape index (κ1) is 17.7. The van der Waals surface area contributed by atoms with Gasteiger partial charge in [0.2, 0.25) is 0 Å². The minimum absolute atomic E-state index is 0.0589. The molecule has 6 heteroatoms. The van der Waals surface area contributed by atoms with Gasteiger partial charge in [-0.25, -0.2) is 0 Å². The lowest BCUT2D eigenvalue weighted by molar-refractivity contribution is -0.193. The number of alkyl halides is 3. The van der Waals surface area contributed by atoms with Gasteiger partial charge in [-0.2, -0.15) is 13.2 Å². The zero-order chi connectivity index (χ0) is 15.7. The highest BCUT2D eigenvalue weighted by Crippen LogP contribution is 2.31. The SMILES string of the molecule is CO[C@H](CO)[C@H](/C=C/COCc1ccccc1)C(F)(F)F. The molecule has 0 saturated heterocycles. The van der Waals surface area contributed by atoms with E-state index in [4.69, 9.17) is 9.84 Å². The average molecular weight is 304 g/mol. The molecule has 3 nitrogen and oxygen atoms in total. The van der Waals surface area contributed by atoms with E-state index in [1.807, 2.05) is 30.3 Å². The Morgan fingerprint density at radius 2 is 1.90 bits per heavy atom. The van der Waals surface area contributed by atoms with Crippen LogP contribution >= 0.6 is 0 Å². The molecule has 1 aromatic rings. The van der Waals surface area contributed by atoms with E-state index in [0.717, 1.165) is 18.7 Å². The second-order valence-electron chi connectivity index (χ2n) is 4.45. The first-order valence-corrected chi connectivity index (χ1v) is 6.47. The van der Waals surface area contributed by atoms with Crippen molar-refractivity contribution in [2.45, 2.75) is 18.9 Å². The summed E-state index contributed by atoms with van der Waals surface area (Å²) in [7, 11) is 1.14. The van der Waals surface area contributed by atoms with Crippen LogP contribution in [0.4, 0.5) is 13.2 Å². The van der Waals surface area contributed by atoms with Crippen LogP contribution in [-0.2, 0) is 16.1 Å². The summed E-state index contributed by atoms with van der Waals surface area (Å²) in [6.07, 6.45) is -3.52. The van der Waals surface area contributed by atoms with Gasteiger partial charge in [0.15, 0.2) is 0 Å². The first-order valence-electron chi connectivity index (χ1n) is 6.47. The molecule has 0 amide bonds. The van der Waals surface area contributed by atoms with Gasteiger partial charge in [0.05, 0.1) is 25.9 Å². The van der Waals surface area contributed by atoms with Crippen molar-refractivity contribution < 1.29 is 27.8 Å². The summed E-state index contributed by atoms with van der Waals surface area (Å²) < 4.78 is 48.4. The van der Waals surface area contributed by atoms with Gasteiger partial charge < -0.3 is 14.6 Å². The Kier molecular flexibility index (Phi) is 7.42. The Balaban J connectivity index is 2.47. The molecule has 0 aliphatic carbocycles. The van der Waals surface area contributed by atoms with Crippen LogP contribution in [-0.4, -0.2) is 37.7 Å². The molecular weight excluding hydrogens is 285 g/mol. The second-order valence-corrected chi connectivity index (χ2v) is 4.45. The van der Waals surface area contributed by atoms with Crippen molar-refractivity contribution >= 4 is 0 Å². The monoisotopic (exact) mass is 304 g/mol. The van der Waals surface area contributed by atoms with Crippen molar-refractivity contribution in [3.05, 3.63) is 48.0 Å². The highest BCUT2D eigenvalue weighted by molar-refractivity contribution is 5.13. The highest BCUT2D eigenvalue weighted by atomic mass is 19.4. The van der Waals surface area contributed by atoms with Gasteiger partial charge in [-0.15, -0.1) is 0 Å². The molecule has 0 aromatic heterocycles. The first-order chi connectivity index (χ1) is 9.99. The lowest BCUT2D eigenvalue weighted by atomic mass is 10.0. The Bertz CT molecular complexity index is 414. The summed E-state index contributed by atoms with van der Waals surface area (Å²) in [6.45, 7) is -0.311. The van der Waals surface area contributed by atoms with Crippen molar-refractivity contribution in [1.29, 1.82) is 0 Å². The van der Waals surface area contributed by atoms with Gasteiger partial charge in [0.1, 0.15) is 5.92 Å². The fraction of sp³-hybridized carbons (Fsp3) is 0.467. The Hall–Kier alpha value is -1.37. The molecule has 0 radical (unpaired) electrons. The van der Waals surface area contributed by atoms with Gasteiger partial charge in [0.25, 0.3) is 0 Å². The van der Waals surface area contributed by atoms with Crippen LogP contribution in [0.25, 0.3) is 0 Å². The number of methoxy groups -OCH3 is 1. The number of halogens is 3. The summed E-state index contributed by atoms with van der Waals surface area (Å²) in [6, 6.07) is 9.33. The number of aliphatic hydroxyl groups excluding tert-OH is 1. The number of aliphatic hydroxyl groups is 1. The summed E-state index contributed by atoms with van der Waals surface area (Å²) in [5.74, 6) is -1.85. The fourth-order valence-corrected chi connectivity index (χ4v) is 1.80. The summed E-state index contributed by atoms with van der Waals surface area (Å²) in [5, 5.41) is 8.92. The maximum absolute atomic E-state index is 12.8. The van der Waals surface area contributed by atoms with Crippen LogP contribution in [0.1, 0.15) is 5.56 Å². The van der Waals surface area contributed by atoms with E-state index in [-0.39, 0.29) is 6.61 Å². The molecule has 0 spiro atoms. The van der Waals surface area contributed by atoms with Crippen molar-refractivity contribution in [3.63, 3.8) is 0 Å². The Morgan fingerprint density at radius 1 is 1.24 bits per heavy atom. The van der Waals surface area contributed by atoms with Crippen molar-refractivity contribution in [1.82, 2.24) is 0 Å². The number of rotatable bonds is 8. The molecule has 0 bridgehead atoms. The lowest BCUT2D eigenvalue weighted by Gasteiger charge is -2.23. The summed E-state index contributed by atoms with van der Waals surface area (Å²) in [5.41, 5.74) is 0.948. The molecule has 0 saturated carbocycles. The normalized spacial score (nSPS) is 15.3. The van der Waals surface area contributed by atoms with E-state index in [9.17, 15) is 13.2 Å². The number of benzene rings is 1. The van der Waals surface area contributed by atoms with E-state index in [0.29, 0.717) is 6.61 Å². The molecule has 0 unspecified atom stereocenters. The van der Waals surface area contributed by atoms with E-state index in [2.05, 4.69) is 4.74 Å². The minimum atomic E-state index is -4.47. The molecule has 1 N–H and O–H groups in total. The van der Waals surface area contributed by atoms with Crippen LogP contribution in [0, 0.1) is 5.92 Å². The van der Waals surface area contributed by atoms with Crippen LogP contribution in [0.2, 0.25) is 0 Å². The third-order valence-corrected chi connectivity index (χ3v) is 2.93. The van der Waals surface area contributed by atoms with E-state index in [1.54, 1.807) is 0 Å². The molecule has 1 rings (SSSR count). The van der Waals surface area contributed by atoms with Crippen LogP contribution in [0.15, 0.2) is 42.5 Å². The molecule has 0 heterocycles. The van der Waals surface area contributed by atoms with Crippen molar-refractivity contribution in [2.24, 2.45) is 5.92 Å². The standard InChI is InChI=1S/C15H19F3O3/c1-20-14(10-19)13(15(16,17)18)8-5-9-21-11-12-6-3-2-4-7-12/h2-8,13-14,19H,9-11H2,1H3/b8-5+/t13-,14+/m0/s1. The Labute approximate surface area is 122 Å². The van der Waals surface area contributed by atoms with E-state index >= 15 is 0 Å². The zero-order valence-electron chi connectivity index (χ0n) is 11.7. The third-order valence-electron chi connectivity index (χ3n) is 2.93. The second kappa shape index (κ2) is 8.81. The van der Waals surface area contributed by atoms with Gasteiger partial charge in [-0.1, -0.05) is 42.5 Å². The van der Waals surface area contributed by atoms with Gasteiger partial charge in [-0.3, -0.25) is 0 Å². The van der Waals surface area contributed by atoms with Gasteiger partial charge >= 0.3 is 6.18 Å². The Morgan fingerprint density at radius 3 is 2.43 bits per heavy atom. The average Bonchev–Trinajstić information content (AvgIpc) is 2.46. The predicted molar refractivity (Wildman–Crippen MR) is 72.7 cm³/mol. The predicted octanol–water partition coefficient (Wildman–Crippen LogP) is 2.95. The fourth-order valence-electron chi connectivity index (χ4n) is 1.80. The van der Waals surface area contributed by atoms with Crippen LogP contribution in [0.3, 0.4) is 0 Å². The number of hydrogen-bond acceptors (Lipinski definition) is 3. The minimum Gasteiger partial charge on any atom is -0.394 e. The molecule has 0 fully saturated rings. The summed E-state index contributed by atoms with van der Waals surface area (Å²) >= 11 is 0. The quantitative estimate of drug-likeness (QED) is 0.593. The maximum Gasteiger partial charge on any atom is 0.397 e. The molecule has 1 aromatic carbocycles. The largest absolute Gasteiger partial charge is 0.397 e. The molecule has 118 valence electrons. The smallest absolute Gasteiger partial charge is 0.394 e. The highest BCUT2D eigenvalue weighted by Gasteiger charge is 2.43. The van der Waals surface area contributed by atoms with E-state index < -0.39 is 24.8 Å². The molecular formula is C15H19F3O3. The lowest BCUT2D eigenvalue weighted by Crippen LogP contribution is -2.36. The number of hydrogen-bond donors (Lipinski definition) is 1. The molecule has 0 aliphatic heterocycles. The third kappa shape index (κ3) is 6.29. The van der Waals surface area contributed by atoms with Crippen LogP contribution in [0.5, 0.6) is 0 Å². The van der Waals surface area contributed by atoms with Crippen LogP contribution < -0.4 is 0 Å². The van der Waals surface area contributed by atoms with E-state index in [1.165, 1.54) is 6.08 Å². The van der Waals surface area contributed by atoms with Gasteiger partial charge in [0, 0.05) is 7.11 Å². The van der Waals surface area contributed by atoms with Gasteiger partial charge in [-0.05, 0) is 5.56 Å². The maximum atomic E-state index is 12.8. The molecule has 21 heavy (non-hydrogen) atoms. The topological polar surface area (TPSA) is 38.7 Å². The zero-order valence-corrected chi connectivity index (χ0v) is 11.7. The molecule has 0 aliphatic rings.